The zero-order valence-electron chi connectivity index (χ0n) is 16.1. The van der Waals surface area contributed by atoms with Crippen LogP contribution in [0.5, 0.6) is 0 Å². The van der Waals surface area contributed by atoms with Crippen molar-refractivity contribution in [2.75, 3.05) is 13.1 Å². The molecule has 2 aliphatic carbocycles. The third kappa shape index (κ3) is 4.69. The number of carbonyl (C=O) groups excluding carboxylic acids is 2. The highest BCUT2D eigenvalue weighted by Crippen LogP contribution is 2.35. The topological polar surface area (TPSA) is 87.5 Å². The van der Waals surface area contributed by atoms with Crippen molar-refractivity contribution in [1.82, 2.24) is 20.7 Å². The predicted molar refractivity (Wildman–Crippen MR) is 100 cm³/mol. The summed E-state index contributed by atoms with van der Waals surface area (Å²) < 4.78 is 4.98. The van der Waals surface area contributed by atoms with Gasteiger partial charge in [-0.2, -0.15) is 0 Å². The second-order valence-electron chi connectivity index (χ2n) is 8.46. The van der Waals surface area contributed by atoms with Gasteiger partial charge in [0.15, 0.2) is 5.69 Å². The van der Waals surface area contributed by atoms with Crippen LogP contribution < -0.4 is 10.6 Å². The maximum atomic E-state index is 12.4. The van der Waals surface area contributed by atoms with Crippen molar-refractivity contribution < 1.29 is 14.1 Å². The zero-order chi connectivity index (χ0) is 18.8. The average Bonchev–Trinajstić information content (AvgIpc) is 3.20. The molecular formula is C20H30N4O3. The molecule has 0 bridgehead atoms. The highest BCUT2D eigenvalue weighted by Gasteiger charge is 2.38. The van der Waals surface area contributed by atoms with E-state index in [0.717, 1.165) is 38.1 Å². The predicted octanol–water partition coefficient (Wildman–Crippen LogP) is 2.01. The van der Waals surface area contributed by atoms with Gasteiger partial charge in [0.2, 0.25) is 5.91 Å². The summed E-state index contributed by atoms with van der Waals surface area (Å²) in [5, 5.41) is 9.95. The van der Waals surface area contributed by atoms with E-state index < -0.39 is 0 Å². The monoisotopic (exact) mass is 374 g/mol. The molecular weight excluding hydrogens is 344 g/mol. The van der Waals surface area contributed by atoms with Crippen LogP contribution in [-0.2, 0) is 4.79 Å². The molecule has 2 saturated carbocycles. The van der Waals surface area contributed by atoms with Crippen LogP contribution in [0, 0.1) is 12.8 Å². The molecule has 0 unspecified atom stereocenters. The van der Waals surface area contributed by atoms with Crippen molar-refractivity contribution in [3.8, 4) is 0 Å². The molecule has 148 valence electrons. The van der Waals surface area contributed by atoms with E-state index in [-0.39, 0.29) is 11.8 Å². The molecule has 1 saturated heterocycles. The maximum absolute atomic E-state index is 12.4. The van der Waals surface area contributed by atoms with Crippen molar-refractivity contribution in [3.05, 3.63) is 17.5 Å². The smallest absolute Gasteiger partial charge is 0.273 e. The molecule has 2 heterocycles. The van der Waals surface area contributed by atoms with Gasteiger partial charge in [-0.05, 0) is 57.8 Å². The molecule has 2 amide bonds. The largest absolute Gasteiger partial charge is 0.361 e. The van der Waals surface area contributed by atoms with Crippen LogP contribution in [0.4, 0.5) is 0 Å². The Balaban J connectivity index is 1.31. The highest BCUT2D eigenvalue weighted by atomic mass is 16.5. The quantitative estimate of drug-likeness (QED) is 0.727. The van der Waals surface area contributed by atoms with E-state index in [1.54, 1.807) is 13.0 Å². The number of hydrogen-bond acceptors (Lipinski definition) is 5. The minimum absolute atomic E-state index is 0.188. The third-order valence-corrected chi connectivity index (χ3v) is 6.19. The third-order valence-electron chi connectivity index (χ3n) is 6.19. The van der Waals surface area contributed by atoms with E-state index in [2.05, 4.69) is 20.7 Å². The average molecular weight is 374 g/mol. The van der Waals surface area contributed by atoms with E-state index in [0.29, 0.717) is 42.5 Å². The molecule has 7 nitrogen and oxygen atoms in total. The van der Waals surface area contributed by atoms with Gasteiger partial charge in [-0.3, -0.25) is 14.5 Å². The number of nitrogens with zero attached hydrogens (tertiary/aromatic N) is 2. The standard InChI is InChI=1S/C20H30N4O3/c1-13-9-18(23-27-13)20(26)21-11-17-8-7-16(24(17)12-14-5-6-14)10-19(25)22-15-3-2-4-15/h9,14-17H,2-8,10-12H2,1H3,(H,21,26)(H,22,25)/t16-,17+/m1/s1. The fourth-order valence-corrected chi connectivity index (χ4v) is 4.18. The van der Waals surface area contributed by atoms with Gasteiger partial charge in [-0.1, -0.05) is 5.16 Å². The first-order valence-corrected chi connectivity index (χ1v) is 10.3. The summed E-state index contributed by atoms with van der Waals surface area (Å²) >= 11 is 0. The molecule has 1 aliphatic heterocycles. The molecule has 7 heteroatoms. The minimum Gasteiger partial charge on any atom is -0.361 e. The lowest BCUT2D eigenvalue weighted by Gasteiger charge is -2.31. The molecule has 2 N–H and O–H groups in total. The van der Waals surface area contributed by atoms with E-state index in [1.165, 1.54) is 19.3 Å². The number of rotatable bonds is 8. The van der Waals surface area contributed by atoms with Gasteiger partial charge in [0.05, 0.1) is 0 Å². The summed E-state index contributed by atoms with van der Waals surface area (Å²) in [5.41, 5.74) is 0.329. The molecule has 0 radical (unpaired) electrons. The van der Waals surface area contributed by atoms with Crippen molar-refractivity contribution in [1.29, 1.82) is 0 Å². The fourth-order valence-electron chi connectivity index (χ4n) is 4.18. The first-order chi connectivity index (χ1) is 13.1. The van der Waals surface area contributed by atoms with Crippen molar-refractivity contribution in [2.45, 2.75) is 76.4 Å². The number of hydrogen-bond donors (Lipinski definition) is 2. The van der Waals surface area contributed by atoms with Crippen LogP contribution in [0.15, 0.2) is 10.6 Å². The summed E-state index contributed by atoms with van der Waals surface area (Å²) in [5.74, 6) is 1.39. The molecule has 1 aromatic heterocycles. The van der Waals surface area contributed by atoms with E-state index in [4.69, 9.17) is 4.52 Å². The summed E-state index contributed by atoms with van der Waals surface area (Å²) in [6.45, 7) is 3.42. The van der Waals surface area contributed by atoms with Crippen molar-refractivity contribution in [2.24, 2.45) is 5.92 Å². The Morgan fingerprint density at radius 2 is 1.96 bits per heavy atom. The minimum atomic E-state index is -0.190. The van der Waals surface area contributed by atoms with Gasteiger partial charge >= 0.3 is 0 Å². The molecule has 0 spiro atoms. The highest BCUT2D eigenvalue weighted by molar-refractivity contribution is 5.92. The van der Waals surface area contributed by atoms with E-state index in [9.17, 15) is 9.59 Å². The Hall–Kier alpha value is -1.89. The van der Waals surface area contributed by atoms with E-state index >= 15 is 0 Å². The molecule has 3 fully saturated rings. The molecule has 3 aliphatic rings. The normalized spacial score (nSPS) is 26.0. The fraction of sp³-hybridized carbons (Fsp3) is 0.750. The molecule has 1 aromatic rings. The summed E-state index contributed by atoms with van der Waals surface area (Å²) in [4.78, 5) is 27.1. The second-order valence-corrected chi connectivity index (χ2v) is 8.46. The first kappa shape index (κ1) is 18.5. The molecule has 2 atom stereocenters. The number of nitrogens with one attached hydrogen (secondary N) is 2. The van der Waals surface area contributed by atoms with Crippen LogP contribution in [0.25, 0.3) is 0 Å². The van der Waals surface area contributed by atoms with Gasteiger partial charge in [-0.15, -0.1) is 0 Å². The lowest BCUT2D eigenvalue weighted by Crippen LogP contribution is -2.47. The van der Waals surface area contributed by atoms with Gasteiger partial charge < -0.3 is 15.2 Å². The van der Waals surface area contributed by atoms with Gasteiger partial charge in [-0.25, -0.2) is 0 Å². The molecule has 0 aromatic carbocycles. The van der Waals surface area contributed by atoms with Crippen molar-refractivity contribution >= 4 is 11.8 Å². The number of carbonyl (C=O) groups is 2. The van der Waals surface area contributed by atoms with Crippen LogP contribution in [0.2, 0.25) is 0 Å². The Bertz CT molecular complexity index is 681. The van der Waals surface area contributed by atoms with Gasteiger partial charge in [0, 0.05) is 43.7 Å². The number of aromatic nitrogens is 1. The maximum Gasteiger partial charge on any atom is 0.273 e. The summed E-state index contributed by atoms with van der Waals surface area (Å²) in [6.07, 6.45) is 8.67. The van der Waals surface area contributed by atoms with Crippen LogP contribution in [-0.4, -0.2) is 53.1 Å². The Morgan fingerprint density at radius 1 is 1.19 bits per heavy atom. The van der Waals surface area contributed by atoms with Crippen LogP contribution >= 0.6 is 0 Å². The SMILES string of the molecule is Cc1cc(C(=O)NC[C@@H]2CC[C@H](CC(=O)NC3CCC3)N2CC2CC2)no1. The Kier molecular flexibility index (Phi) is 5.48. The Morgan fingerprint density at radius 3 is 2.59 bits per heavy atom. The van der Waals surface area contributed by atoms with Gasteiger partial charge in [0.1, 0.15) is 5.76 Å². The number of aryl methyl sites for hydroxylation is 1. The number of amides is 2. The number of likely N-dealkylation sites (tertiary alicyclic amines) is 1. The van der Waals surface area contributed by atoms with Gasteiger partial charge in [0.25, 0.3) is 5.91 Å². The summed E-state index contributed by atoms with van der Waals surface area (Å²) in [6, 6.07) is 2.64. The molecule has 4 rings (SSSR count). The van der Waals surface area contributed by atoms with Crippen LogP contribution in [0.1, 0.15) is 67.6 Å². The second kappa shape index (κ2) is 8.00. The Labute approximate surface area is 160 Å². The molecule has 27 heavy (non-hydrogen) atoms. The van der Waals surface area contributed by atoms with E-state index in [1.807, 2.05) is 0 Å². The van der Waals surface area contributed by atoms with Crippen molar-refractivity contribution in [3.63, 3.8) is 0 Å². The summed E-state index contributed by atoms with van der Waals surface area (Å²) in [7, 11) is 0. The first-order valence-electron chi connectivity index (χ1n) is 10.3. The zero-order valence-corrected chi connectivity index (χ0v) is 16.1. The lowest BCUT2D eigenvalue weighted by molar-refractivity contribution is -0.123. The van der Waals surface area contributed by atoms with Crippen LogP contribution in [0.3, 0.4) is 0 Å². The lowest BCUT2D eigenvalue weighted by atomic mass is 9.93.